The molecule has 1 aliphatic rings. The Labute approximate surface area is 89.3 Å². The molecule has 16 heavy (non-hydrogen) atoms. The molecule has 0 saturated heterocycles. The van der Waals surface area contributed by atoms with Crippen molar-refractivity contribution in [2.45, 2.75) is 0 Å². The molecular weight excluding hydrogens is 214 g/mol. The number of nitrogens with zero attached hydrogens (tertiary/aromatic N) is 1. The average Bonchev–Trinajstić information content (AvgIpc) is 2.59. The van der Waals surface area contributed by atoms with E-state index in [4.69, 9.17) is 0 Å². The van der Waals surface area contributed by atoms with Crippen LogP contribution in [0.4, 0.5) is 5.69 Å². The number of ketones is 1. The summed E-state index contributed by atoms with van der Waals surface area (Å²) in [5, 5.41) is 10.4. The molecule has 1 aromatic carbocycles. The number of non-ortho nitro benzene ring substituents is 1. The van der Waals surface area contributed by atoms with Gasteiger partial charge < -0.3 is 4.74 Å². The van der Waals surface area contributed by atoms with Crippen LogP contribution in [0.15, 0.2) is 30.3 Å². The molecule has 0 atom stereocenters. The zero-order valence-electron chi connectivity index (χ0n) is 7.88. The molecule has 0 radical (unpaired) electrons. The van der Waals surface area contributed by atoms with E-state index < -0.39 is 16.7 Å². The molecule has 0 amide bonds. The second kappa shape index (κ2) is 3.58. The van der Waals surface area contributed by atoms with Gasteiger partial charge in [0.1, 0.15) is 5.76 Å². The summed E-state index contributed by atoms with van der Waals surface area (Å²) in [6, 6.07) is 5.37. The Balaban J connectivity index is 2.30. The highest BCUT2D eigenvalue weighted by molar-refractivity contribution is 6.42. The number of carbonyl (C=O) groups excluding carboxylic acids is 2. The SMILES string of the molecule is O=C1C=C(c2ccc([N+](=O)[O-])cc2)OC1=O. The van der Waals surface area contributed by atoms with Gasteiger partial charge in [-0.15, -0.1) is 0 Å². The minimum atomic E-state index is -0.937. The van der Waals surface area contributed by atoms with Crippen LogP contribution < -0.4 is 0 Å². The quantitative estimate of drug-likeness (QED) is 0.321. The van der Waals surface area contributed by atoms with E-state index in [9.17, 15) is 19.7 Å². The number of esters is 1. The van der Waals surface area contributed by atoms with Crippen LogP contribution in [-0.4, -0.2) is 16.7 Å². The Hall–Kier alpha value is -2.50. The zero-order chi connectivity index (χ0) is 11.7. The molecular formula is C10H5NO5. The average molecular weight is 219 g/mol. The molecule has 1 aromatic rings. The van der Waals surface area contributed by atoms with Crippen LogP contribution >= 0.6 is 0 Å². The van der Waals surface area contributed by atoms with Crippen molar-refractivity contribution in [2.75, 3.05) is 0 Å². The number of carbonyl (C=O) groups is 2. The van der Waals surface area contributed by atoms with Gasteiger partial charge in [-0.2, -0.15) is 0 Å². The van der Waals surface area contributed by atoms with Crippen molar-refractivity contribution in [2.24, 2.45) is 0 Å². The molecule has 0 aliphatic carbocycles. The third-order valence-electron chi connectivity index (χ3n) is 2.03. The Morgan fingerprint density at radius 2 is 1.75 bits per heavy atom. The second-order valence-corrected chi connectivity index (χ2v) is 3.07. The van der Waals surface area contributed by atoms with Crippen molar-refractivity contribution in [1.29, 1.82) is 0 Å². The molecule has 6 nitrogen and oxygen atoms in total. The van der Waals surface area contributed by atoms with Gasteiger partial charge in [-0.3, -0.25) is 14.9 Å². The summed E-state index contributed by atoms with van der Waals surface area (Å²) in [6.45, 7) is 0. The van der Waals surface area contributed by atoms with Gasteiger partial charge in [0, 0.05) is 23.8 Å². The van der Waals surface area contributed by atoms with E-state index in [1.807, 2.05) is 0 Å². The lowest BCUT2D eigenvalue weighted by Gasteiger charge is -2.00. The lowest BCUT2D eigenvalue weighted by Crippen LogP contribution is -2.05. The van der Waals surface area contributed by atoms with Crippen molar-refractivity contribution in [3.05, 3.63) is 46.0 Å². The molecule has 0 saturated carbocycles. The van der Waals surface area contributed by atoms with Crippen LogP contribution in [-0.2, 0) is 14.3 Å². The zero-order valence-corrected chi connectivity index (χ0v) is 7.88. The fraction of sp³-hybridized carbons (Fsp3) is 0. The van der Waals surface area contributed by atoms with Crippen LogP contribution in [0.1, 0.15) is 5.56 Å². The first-order valence-corrected chi connectivity index (χ1v) is 4.30. The van der Waals surface area contributed by atoms with E-state index in [-0.39, 0.29) is 11.4 Å². The molecule has 0 bridgehead atoms. The minimum Gasteiger partial charge on any atom is -0.420 e. The van der Waals surface area contributed by atoms with E-state index >= 15 is 0 Å². The summed E-state index contributed by atoms with van der Waals surface area (Å²) in [7, 11) is 0. The number of nitro benzene ring substituents is 1. The monoisotopic (exact) mass is 219 g/mol. The number of rotatable bonds is 2. The molecule has 80 valence electrons. The van der Waals surface area contributed by atoms with Gasteiger partial charge in [-0.05, 0) is 12.1 Å². The molecule has 0 spiro atoms. The molecule has 0 N–H and O–H groups in total. The Bertz CT molecular complexity index is 515. The fourth-order valence-corrected chi connectivity index (χ4v) is 1.25. The van der Waals surface area contributed by atoms with E-state index in [0.717, 1.165) is 6.08 Å². The number of hydrogen-bond acceptors (Lipinski definition) is 5. The summed E-state index contributed by atoms with van der Waals surface area (Å²) in [5.74, 6) is -1.55. The topological polar surface area (TPSA) is 86.5 Å². The van der Waals surface area contributed by atoms with E-state index in [1.165, 1.54) is 24.3 Å². The highest BCUT2D eigenvalue weighted by Crippen LogP contribution is 2.23. The van der Waals surface area contributed by atoms with Crippen molar-refractivity contribution in [3.8, 4) is 0 Å². The van der Waals surface area contributed by atoms with Crippen molar-refractivity contribution < 1.29 is 19.2 Å². The highest BCUT2D eigenvalue weighted by atomic mass is 16.6. The molecule has 6 heteroatoms. The van der Waals surface area contributed by atoms with Crippen molar-refractivity contribution in [1.82, 2.24) is 0 Å². The Kier molecular flexibility index (Phi) is 2.24. The number of nitro groups is 1. The van der Waals surface area contributed by atoms with Crippen LogP contribution in [0.2, 0.25) is 0 Å². The van der Waals surface area contributed by atoms with Crippen molar-refractivity contribution in [3.63, 3.8) is 0 Å². The number of ether oxygens (including phenoxy) is 1. The third kappa shape index (κ3) is 1.68. The first kappa shape index (κ1) is 10.0. The minimum absolute atomic E-state index is 0.0694. The van der Waals surface area contributed by atoms with E-state index in [2.05, 4.69) is 4.74 Å². The molecule has 1 aliphatic heterocycles. The number of cyclic esters (lactones) is 1. The first-order chi connectivity index (χ1) is 7.58. The van der Waals surface area contributed by atoms with E-state index in [1.54, 1.807) is 0 Å². The predicted molar refractivity (Wildman–Crippen MR) is 52.2 cm³/mol. The maximum atomic E-state index is 10.9. The largest absolute Gasteiger partial charge is 0.420 e. The standard InChI is InChI=1S/C10H5NO5/c12-8-5-9(16-10(8)13)6-1-3-7(4-2-6)11(14)15/h1-5H. The van der Waals surface area contributed by atoms with Gasteiger partial charge >= 0.3 is 5.97 Å². The van der Waals surface area contributed by atoms with Crippen LogP contribution in [0.25, 0.3) is 5.76 Å². The summed E-state index contributed by atoms with van der Waals surface area (Å²) < 4.78 is 4.66. The molecule has 0 unspecified atom stereocenters. The maximum Gasteiger partial charge on any atom is 0.384 e. The normalized spacial score (nSPS) is 14.6. The lowest BCUT2D eigenvalue weighted by atomic mass is 10.1. The predicted octanol–water partition coefficient (Wildman–Crippen LogP) is 1.06. The van der Waals surface area contributed by atoms with Gasteiger partial charge in [-0.25, -0.2) is 4.79 Å². The van der Waals surface area contributed by atoms with Crippen LogP contribution in [0.5, 0.6) is 0 Å². The van der Waals surface area contributed by atoms with Gasteiger partial charge in [0.2, 0.25) is 0 Å². The van der Waals surface area contributed by atoms with Crippen LogP contribution in [0.3, 0.4) is 0 Å². The Morgan fingerprint density at radius 1 is 1.12 bits per heavy atom. The Morgan fingerprint density at radius 3 is 2.19 bits per heavy atom. The molecule has 0 fully saturated rings. The van der Waals surface area contributed by atoms with Gasteiger partial charge in [0.15, 0.2) is 0 Å². The van der Waals surface area contributed by atoms with Gasteiger partial charge in [0.05, 0.1) is 4.92 Å². The summed E-state index contributed by atoms with van der Waals surface area (Å²) >= 11 is 0. The van der Waals surface area contributed by atoms with Gasteiger partial charge in [0.25, 0.3) is 11.5 Å². The summed E-state index contributed by atoms with van der Waals surface area (Å²) in [5.41, 5.74) is 0.379. The smallest absolute Gasteiger partial charge is 0.384 e. The molecule has 2 rings (SSSR count). The number of hydrogen-bond donors (Lipinski definition) is 0. The lowest BCUT2D eigenvalue weighted by molar-refractivity contribution is -0.384. The molecule has 0 aromatic heterocycles. The first-order valence-electron chi connectivity index (χ1n) is 4.30. The van der Waals surface area contributed by atoms with E-state index in [0.29, 0.717) is 5.56 Å². The maximum absolute atomic E-state index is 10.9. The second-order valence-electron chi connectivity index (χ2n) is 3.07. The molecule has 1 heterocycles. The third-order valence-corrected chi connectivity index (χ3v) is 2.03. The number of benzene rings is 1. The van der Waals surface area contributed by atoms with Crippen LogP contribution in [0, 0.1) is 10.1 Å². The summed E-state index contributed by atoms with van der Waals surface area (Å²) in [6.07, 6.45) is 1.06. The summed E-state index contributed by atoms with van der Waals surface area (Å²) in [4.78, 5) is 31.5. The van der Waals surface area contributed by atoms with Gasteiger partial charge in [-0.1, -0.05) is 0 Å². The fourth-order valence-electron chi connectivity index (χ4n) is 1.25. The van der Waals surface area contributed by atoms with Crippen molar-refractivity contribution >= 4 is 23.2 Å². The highest BCUT2D eigenvalue weighted by Gasteiger charge is 2.25.